The first-order valence-electron chi connectivity index (χ1n) is 29.6. The van der Waals surface area contributed by atoms with Crippen LogP contribution >= 0.6 is 0 Å². The summed E-state index contributed by atoms with van der Waals surface area (Å²) < 4.78 is 0. The molecule has 14 aromatic rings. The molecular formula is C82H50N4. The summed E-state index contributed by atoms with van der Waals surface area (Å²) in [6.07, 6.45) is 0. The van der Waals surface area contributed by atoms with Crippen molar-refractivity contribution in [2.75, 3.05) is 0 Å². The molecule has 1 unspecified atom stereocenters. The highest BCUT2D eigenvalue weighted by atomic mass is 14.9. The van der Waals surface area contributed by atoms with Gasteiger partial charge in [-0.1, -0.05) is 273 Å². The molecule has 86 heavy (non-hydrogen) atoms. The van der Waals surface area contributed by atoms with Crippen LogP contribution in [0.4, 0.5) is 0 Å². The molecule has 4 aliphatic carbocycles. The van der Waals surface area contributed by atoms with Gasteiger partial charge >= 0.3 is 0 Å². The largest absolute Gasteiger partial charge is 0.228 e. The van der Waals surface area contributed by atoms with Gasteiger partial charge in [0.1, 0.15) is 0 Å². The van der Waals surface area contributed by atoms with E-state index in [9.17, 15) is 0 Å². The smallest absolute Gasteiger partial charge is 0.161 e. The first-order chi connectivity index (χ1) is 42.6. The predicted octanol–water partition coefficient (Wildman–Crippen LogP) is 19.6. The lowest BCUT2D eigenvalue weighted by Crippen LogP contribution is -2.26. The van der Waals surface area contributed by atoms with Crippen LogP contribution in [-0.2, 0) is 10.8 Å². The van der Waals surface area contributed by atoms with Gasteiger partial charge in [-0.25, -0.2) is 19.9 Å². The Bertz CT molecular complexity index is 4950. The Morgan fingerprint density at radius 2 is 0.500 bits per heavy atom. The molecule has 4 aliphatic rings. The maximum atomic E-state index is 5.44. The van der Waals surface area contributed by atoms with Crippen LogP contribution in [0.25, 0.3) is 123 Å². The van der Waals surface area contributed by atoms with Gasteiger partial charge in [0, 0.05) is 33.4 Å². The van der Waals surface area contributed by atoms with Crippen molar-refractivity contribution in [1.82, 2.24) is 19.9 Å². The van der Waals surface area contributed by atoms with Crippen molar-refractivity contribution >= 4 is 0 Å². The molecule has 1 atom stereocenters. The fraction of sp³-hybridized carbons (Fsp3) is 0.0244. The summed E-state index contributed by atoms with van der Waals surface area (Å²) in [5.74, 6) is 1.40. The Morgan fingerprint density at radius 3 is 0.965 bits per heavy atom. The Morgan fingerprint density at radius 1 is 0.174 bits per heavy atom. The Hall–Kier alpha value is -11.2. The zero-order valence-electron chi connectivity index (χ0n) is 46.7. The third-order valence-electron chi connectivity index (χ3n) is 18.8. The Kier molecular flexibility index (Phi) is 10.5. The van der Waals surface area contributed by atoms with Gasteiger partial charge in [0.15, 0.2) is 11.6 Å². The molecular weight excluding hydrogens is 1040 g/mol. The van der Waals surface area contributed by atoms with Crippen molar-refractivity contribution in [3.05, 3.63) is 348 Å². The van der Waals surface area contributed by atoms with Crippen LogP contribution in [0, 0.1) is 0 Å². The van der Waals surface area contributed by atoms with Crippen LogP contribution in [0.15, 0.2) is 303 Å². The van der Waals surface area contributed by atoms with Crippen LogP contribution < -0.4 is 0 Å². The van der Waals surface area contributed by atoms with E-state index in [-0.39, 0.29) is 0 Å². The summed E-state index contributed by atoms with van der Waals surface area (Å²) in [6.45, 7) is 0. The quantitative estimate of drug-likeness (QED) is 0.160. The predicted molar refractivity (Wildman–Crippen MR) is 348 cm³/mol. The molecule has 18 rings (SSSR count). The van der Waals surface area contributed by atoms with Gasteiger partial charge in [-0.05, 0) is 130 Å². The first-order valence-corrected chi connectivity index (χ1v) is 29.6. The number of hydrogen-bond acceptors (Lipinski definition) is 4. The van der Waals surface area contributed by atoms with Gasteiger partial charge in [0.2, 0.25) is 0 Å². The summed E-state index contributed by atoms with van der Waals surface area (Å²) in [5.41, 5.74) is 30.9. The fourth-order valence-electron chi connectivity index (χ4n) is 15.2. The monoisotopic (exact) mass is 1090 g/mol. The number of nitrogens with zero attached hydrogens (tertiary/aromatic N) is 4. The van der Waals surface area contributed by atoms with E-state index in [0.29, 0.717) is 11.6 Å². The first kappa shape index (κ1) is 48.3. The maximum Gasteiger partial charge on any atom is 0.161 e. The number of rotatable bonds is 7. The van der Waals surface area contributed by atoms with E-state index in [1.807, 2.05) is 0 Å². The van der Waals surface area contributed by atoms with E-state index < -0.39 is 10.8 Å². The molecule has 0 N–H and O–H groups in total. The summed E-state index contributed by atoms with van der Waals surface area (Å²) in [5, 5.41) is 0. The number of aromatic nitrogens is 4. The second-order valence-corrected chi connectivity index (χ2v) is 23.1. The molecule has 2 heterocycles. The van der Waals surface area contributed by atoms with Gasteiger partial charge < -0.3 is 0 Å². The highest BCUT2D eigenvalue weighted by molar-refractivity contribution is 6.01. The van der Waals surface area contributed by atoms with Gasteiger partial charge in [0.25, 0.3) is 0 Å². The summed E-state index contributed by atoms with van der Waals surface area (Å²) in [4.78, 5) is 21.5. The molecule has 2 spiro atoms. The summed E-state index contributed by atoms with van der Waals surface area (Å²) >= 11 is 0. The van der Waals surface area contributed by atoms with Crippen molar-refractivity contribution < 1.29 is 0 Å². The molecule has 0 saturated heterocycles. The molecule has 398 valence electrons. The average Bonchev–Trinajstić information content (AvgIpc) is 1.52. The maximum absolute atomic E-state index is 5.44. The molecule has 0 bridgehead atoms. The topological polar surface area (TPSA) is 51.6 Å². The molecule has 0 aliphatic heterocycles. The fourth-order valence-corrected chi connectivity index (χ4v) is 15.2. The highest BCUT2D eigenvalue weighted by Crippen LogP contribution is 2.66. The average molecular weight is 1090 g/mol. The van der Waals surface area contributed by atoms with Crippen LogP contribution in [0.5, 0.6) is 0 Å². The van der Waals surface area contributed by atoms with Gasteiger partial charge in [-0.15, -0.1) is 0 Å². The third kappa shape index (κ3) is 6.87. The van der Waals surface area contributed by atoms with Crippen molar-refractivity contribution in [1.29, 1.82) is 0 Å². The number of benzene rings is 12. The van der Waals surface area contributed by atoms with Crippen LogP contribution in [0.1, 0.15) is 44.5 Å². The molecule has 0 saturated carbocycles. The lowest BCUT2D eigenvalue weighted by atomic mass is 9.69. The minimum Gasteiger partial charge on any atom is -0.228 e. The Labute approximate surface area is 499 Å². The zero-order chi connectivity index (χ0) is 56.5. The van der Waals surface area contributed by atoms with Crippen LogP contribution in [-0.4, -0.2) is 19.9 Å². The normalized spacial score (nSPS) is 14.7. The summed E-state index contributed by atoms with van der Waals surface area (Å²) in [7, 11) is 0. The minimum atomic E-state index is -0.628. The number of fused-ring (bicyclic) bond motifs is 20. The van der Waals surface area contributed by atoms with Crippen molar-refractivity contribution in [3.8, 4) is 123 Å². The molecule has 12 aromatic carbocycles. The third-order valence-corrected chi connectivity index (χ3v) is 18.8. The minimum absolute atomic E-state index is 0.581. The van der Waals surface area contributed by atoms with Crippen molar-refractivity contribution in [3.63, 3.8) is 0 Å². The highest BCUT2D eigenvalue weighted by Gasteiger charge is 2.54. The van der Waals surface area contributed by atoms with E-state index >= 15 is 0 Å². The van der Waals surface area contributed by atoms with Crippen molar-refractivity contribution in [2.24, 2.45) is 0 Å². The lowest BCUT2D eigenvalue weighted by Gasteiger charge is -2.31. The van der Waals surface area contributed by atoms with Crippen molar-refractivity contribution in [2.45, 2.75) is 10.8 Å². The van der Waals surface area contributed by atoms with Crippen LogP contribution in [0.2, 0.25) is 0 Å². The van der Waals surface area contributed by atoms with Gasteiger partial charge in [-0.2, -0.15) is 0 Å². The van der Waals surface area contributed by atoms with E-state index in [4.69, 9.17) is 19.9 Å². The van der Waals surface area contributed by atoms with Gasteiger partial charge in [-0.3, -0.25) is 0 Å². The van der Waals surface area contributed by atoms with Crippen LogP contribution in [0.3, 0.4) is 0 Å². The van der Waals surface area contributed by atoms with E-state index in [1.54, 1.807) is 0 Å². The zero-order valence-corrected chi connectivity index (χ0v) is 46.7. The Balaban J connectivity index is 0.836. The lowest BCUT2D eigenvalue weighted by molar-refractivity contribution is 0.792. The molecule has 0 fully saturated rings. The molecule has 0 radical (unpaired) electrons. The second-order valence-electron chi connectivity index (χ2n) is 23.1. The molecule has 4 nitrogen and oxygen atoms in total. The van der Waals surface area contributed by atoms with E-state index in [2.05, 4.69) is 303 Å². The van der Waals surface area contributed by atoms with E-state index in [1.165, 1.54) is 89.0 Å². The van der Waals surface area contributed by atoms with E-state index in [0.717, 1.165) is 67.3 Å². The summed E-state index contributed by atoms with van der Waals surface area (Å²) in [6, 6.07) is 111. The molecule has 2 aromatic heterocycles. The molecule has 4 heteroatoms. The number of hydrogen-bond donors (Lipinski definition) is 0. The van der Waals surface area contributed by atoms with Gasteiger partial charge in [0.05, 0.1) is 33.6 Å². The second kappa shape index (κ2) is 18.7. The SMILES string of the molecule is c1ccc(-c2cc(-c3ccccc3)nc(-c3ccc4c(c3)-c3ccc(-c5ccc6c(c5)C5(c7ccccc7-6)c6ccccc6-c6c(-c7nc(-c8ccccc8)cc(-c8ccccc8)n7)cccc65)cc3C43c4ccccc4-c4ccccc43)n2)cc1. The molecule has 0 amide bonds. The standard InChI is InChI=1S/C82H50N4/c1-5-22-51(23-6-1)74-49-75(52-24-7-2-8-25-52)84-79(83-74)57-42-45-70-65(46-57)62-44-41-56(48-73(62)81(70)66-35-17-13-30-58(66)59-31-14-18-36-67(59)81)55-40-43-61-60-32-15-19-37-68(60)82(72(61)47-55)69-38-20-16-33-63(69)78-64(34-21-39-71(78)82)80-85-76(53-26-9-3-10-27-53)50-77(86-80)54-28-11-4-12-29-54/h1-50H.